The predicted molar refractivity (Wildman–Crippen MR) is 82.5 cm³/mol. The summed E-state index contributed by atoms with van der Waals surface area (Å²) < 4.78 is 27.2. The molecule has 1 rings (SSSR count). The van der Waals surface area contributed by atoms with Crippen LogP contribution in [0.15, 0.2) is 0 Å². The lowest BCUT2D eigenvalue weighted by Gasteiger charge is -2.23. The van der Waals surface area contributed by atoms with Gasteiger partial charge < -0.3 is 5.73 Å². The van der Waals surface area contributed by atoms with Crippen molar-refractivity contribution in [1.29, 1.82) is 0 Å². The molecule has 3 atom stereocenters. The van der Waals surface area contributed by atoms with E-state index in [1.807, 2.05) is 11.8 Å². The molecule has 1 saturated carbocycles. The molecule has 0 bridgehead atoms. The predicted octanol–water partition coefficient (Wildman–Crippen LogP) is 1.64. The first kappa shape index (κ1) is 16.2. The quantitative estimate of drug-likeness (QED) is 0.700. The second-order valence-corrected chi connectivity index (χ2v) is 8.38. The summed E-state index contributed by atoms with van der Waals surface area (Å²) in [5, 5.41) is -0.367. The Labute approximate surface area is 120 Å². The van der Waals surface area contributed by atoms with Gasteiger partial charge in [0.2, 0.25) is 10.0 Å². The van der Waals surface area contributed by atoms with E-state index >= 15 is 0 Å². The molecule has 0 aromatic carbocycles. The number of sulfonamides is 1. The summed E-state index contributed by atoms with van der Waals surface area (Å²) >= 11 is 6.66. The van der Waals surface area contributed by atoms with E-state index in [9.17, 15) is 8.42 Å². The highest BCUT2D eigenvalue weighted by atomic mass is 32.2. The summed E-state index contributed by atoms with van der Waals surface area (Å²) in [6.45, 7) is 3.88. The van der Waals surface area contributed by atoms with E-state index in [0.717, 1.165) is 25.0 Å². The fourth-order valence-electron chi connectivity index (χ4n) is 2.34. The topological polar surface area (TPSA) is 72.2 Å². The molecule has 0 aromatic rings. The van der Waals surface area contributed by atoms with Gasteiger partial charge in [0.25, 0.3) is 0 Å². The van der Waals surface area contributed by atoms with Gasteiger partial charge in [-0.05, 0) is 25.0 Å². The van der Waals surface area contributed by atoms with E-state index < -0.39 is 15.3 Å². The molecule has 0 radical (unpaired) electrons. The van der Waals surface area contributed by atoms with Crippen LogP contribution >= 0.6 is 24.0 Å². The third-order valence-corrected chi connectivity index (χ3v) is 6.94. The van der Waals surface area contributed by atoms with Gasteiger partial charge in [-0.25, -0.2) is 13.1 Å². The molecule has 0 saturated heterocycles. The molecule has 7 heteroatoms. The third kappa shape index (κ3) is 4.08. The Balaban J connectivity index is 2.73. The summed E-state index contributed by atoms with van der Waals surface area (Å²) in [6, 6.07) is 0.0309. The number of thioether (sulfide) groups is 1. The Bertz CT molecular complexity index is 384. The van der Waals surface area contributed by atoms with Crippen molar-refractivity contribution < 1.29 is 8.42 Å². The highest BCUT2D eigenvalue weighted by Gasteiger charge is 2.34. The van der Waals surface area contributed by atoms with Gasteiger partial charge in [0.15, 0.2) is 0 Å². The van der Waals surface area contributed by atoms with Gasteiger partial charge in [-0.15, -0.1) is 0 Å². The van der Waals surface area contributed by atoms with E-state index in [0.29, 0.717) is 11.7 Å². The van der Waals surface area contributed by atoms with Crippen molar-refractivity contribution >= 4 is 39.0 Å². The third-order valence-electron chi connectivity index (χ3n) is 3.21. The van der Waals surface area contributed by atoms with Crippen molar-refractivity contribution in [3.63, 3.8) is 0 Å². The monoisotopic (exact) mass is 310 g/mol. The summed E-state index contributed by atoms with van der Waals surface area (Å²) in [6.07, 6.45) is 3.48. The Morgan fingerprint density at radius 1 is 1.50 bits per heavy atom. The van der Waals surface area contributed by atoms with Gasteiger partial charge in [0.05, 0.1) is 4.99 Å². The zero-order chi connectivity index (χ0) is 13.8. The van der Waals surface area contributed by atoms with Crippen molar-refractivity contribution in [2.24, 2.45) is 5.73 Å². The minimum Gasteiger partial charge on any atom is -0.392 e. The molecule has 0 spiro atoms. The molecule has 0 aromatic heterocycles. The van der Waals surface area contributed by atoms with Crippen LogP contribution in [0.3, 0.4) is 0 Å². The lowest BCUT2D eigenvalue weighted by Crippen LogP contribution is -2.47. The Kier molecular flexibility index (Phi) is 6.37. The van der Waals surface area contributed by atoms with Crippen LogP contribution in [-0.4, -0.2) is 35.7 Å². The molecule has 106 valence electrons. The molecule has 0 aliphatic heterocycles. The number of nitrogens with two attached hydrogens (primary N) is 1. The van der Waals surface area contributed by atoms with Crippen LogP contribution in [0.25, 0.3) is 0 Å². The van der Waals surface area contributed by atoms with Gasteiger partial charge in [-0.3, -0.25) is 0 Å². The second kappa shape index (κ2) is 7.07. The minimum atomic E-state index is -3.44. The number of hydrogen-bond acceptors (Lipinski definition) is 4. The zero-order valence-electron chi connectivity index (χ0n) is 10.9. The summed E-state index contributed by atoms with van der Waals surface area (Å²) in [5.41, 5.74) is 5.51. The van der Waals surface area contributed by atoms with Crippen LogP contribution in [0.2, 0.25) is 0 Å². The SMILES string of the molecule is CCSC1CCCC1NS(=O)(=O)C(CC)C(N)=S. The molecule has 1 aliphatic rings. The Hall–Kier alpha value is 0.150. The van der Waals surface area contributed by atoms with Gasteiger partial charge in [-0.2, -0.15) is 11.8 Å². The fourth-order valence-corrected chi connectivity index (χ4v) is 5.78. The fraction of sp³-hybridized carbons (Fsp3) is 0.909. The van der Waals surface area contributed by atoms with Gasteiger partial charge >= 0.3 is 0 Å². The van der Waals surface area contributed by atoms with Crippen molar-refractivity contribution in [3.05, 3.63) is 0 Å². The van der Waals surface area contributed by atoms with E-state index in [-0.39, 0.29) is 11.0 Å². The van der Waals surface area contributed by atoms with Crippen molar-refractivity contribution in [2.75, 3.05) is 5.75 Å². The van der Waals surface area contributed by atoms with Crippen LogP contribution in [0.5, 0.6) is 0 Å². The Morgan fingerprint density at radius 3 is 2.67 bits per heavy atom. The molecule has 18 heavy (non-hydrogen) atoms. The van der Waals surface area contributed by atoms with Crippen LogP contribution in [-0.2, 0) is 10.0 Å². The van der Waals surface area contributed by atoms with Crippen LogP contribution in [0.1, 0.15) is 39.5 Å². The molecular weight excluding hydrogens is 288 g/mol. The van der Waals surface area contributed by atoms with Crippen molar-refractivity contribution in [2.45, 2.75) is 56.1 Å². The molecule has 3 N–H and O–H groups in total. The normalized spacial score (nSPS) is 26.1. The average Bonchev–Trinajstić information content (AvgIpc) is 2.65. The van der Waals surface area contributed by atoms with Crippen molar-refractivity contribution in [3.8, 4) is 0 Å². The Morgan fingerprint density at radius 2 is 2.17 bits per heavy atom. The smallest absolute Gasteiger partial charge is 0.221 e. The van der Waals surface area contributed by atoms with E-state index in [1.165, 1.54) is 0 Å². The lowest BCUT2D eigenvalue weighted by molar-refractivity contribution is 0.549. The standard InChI is InChI=1S/C11H22N2O2S3/c1-3-10(11(12)16)18(14,15)13-8-6-5-7-9(8)17-4-2/h8-10,13H,3-7H2,1-2H3,(H2,12,16). The van der Waals surface area contributed by atoms with Gasteiger partial charge in [0.1, 0.15) is 5.25 Å². The maximum absolute atomic E-state index is 12.2. The first-order valence-electron chi connectivity index (χ1n) is 6.34. The largest absolute Gasteiger partial charge is 0.392 e. The van der Waals surface area contributed by atoms with E-state index in [4.69, 9.17) is 18.0 Å². The average molecular weight is 311 g/mol. The van der Waals surface area contributed by atoms with E-state index in [1.54, 1.807) is 6.92 Å². The molecular formula is C11H22N2O2S3. The zero-order valence-corrected chi connectivity index (χ0v) is 13.3. The molecule has 1 aliphatic carbocycles. The molecule has 4 nitrogen and oxygen atoms in total. The summed E-state index contributed by atoms with van der Waals surface area (Å²) in [4.78, 5) is 0.0580. The van der Waals surface area contributed by atoms with Crippen LogP contribution < -0.4 is 10.5 Å². The minimum absolute atomic E-state index is 0.0309. The number of thiocarbonyl (C=S) groups is 1. The summed E-state index contributed by atoms with van der Waals surface area (Å²) in [7, 11) is -3.44. The maximum Gasteiger partial charge on any atom is 0.221 e. The lowest BCUT2D eigenvalue weighted by atomic mass is 10.3. The van der Waals surface area contributed by atoms with Crippen LogP contribution in [0, 0.1) is 0 Å². The van der Waals surface area contributed by atoms with E-state index in [2.05, 4.69) is 11.6 Å². The summed E-state index contributed by atoms with van der Waals surface area (Å²) in [5.74, 6) is 1.01. The van der Waals surface area contributed by atoms with Gasteiger partial charge in [0, 0.05) is 11.3 Å². The number of hydrogen-bond donors (Lipinski definition) is 2. The first-order chi connectivity index (χ1) is 8.42. The van der Waals surface area contributed by atoms with Crippen LogP contribution in [0.4, 0.5) is 0 Å². The first-order valence-corrected chi connectivity index (χ1v) is 9.34. The maximum atomic E-state index is 12.2. The number of nitrogens with one attached hydrogen (secondary N) is 1. The molecule has 0 heterocycles. The highest BCUT2D eigenvalue weighted by Crippen LogP contribution is 2.30. The molecule has 0 amide bonds. The highest BCUT2D eigenvalue weighted by molar-refractivity contribution is 8.00. The second-order valence-electron chi connectivity index (χ2n) is 4.49. The molecule has 1 fully saturated rings. The van der Waals surface area contributed by atoms with Gasteiger partial charge in [-0.1, -0.05) is 32.5 Å². The van der Waals surface area contributed by atoms with Crippen molar-refractivity contribution in [1.82, 2.24) is 4.72 Å². The number of rotatable bonds is 7. The molecule has 3 unspecified atom stereocenters.